The molecule has 1 saturated heterocycles. The number of hydrogen-bond donors (Lipinski definition) is 0. The second-order valence-corrected chi connectivity index (χ2v) is 4.64. The molecule has 1 spiro atoms. The van der Waals surface area contributed by atoms with Gasteiger partial charge in [0, 0.05) is 17.8 Å². The van der Waals surface area contributed by atoms with Crippen molar-refractivity contribution < 1.29 is 14.3 Å². The third kappa shape index (κ3) is 1.22. The standard InChI is InChI=1S/C10H16O3/c1-9(2)5-8(7-11)6-10(9)12-3-4-13-10/h7-8H,3-6H2,1-2H3. The van der Waals surface area contributed by atoms with Gasteiger partial charge in [-0.1, -0.05) is 13.8 Å². The summed E-state index contributed by atoms with van der Waals surface area (Å²) in [5.41, 5.74) is -0.0327. The Morgan fingerprint density at radius 1 is 1.23 bits per heavy atom. The third-order valence-electron chi connectivity index (χ3n) is 3.28. The topological polar surface area (TPSA) is 35.5 Å². The lowest BCUT2D eigenvalue weighted by Gasteiger charge is -2.35. The summed E-state index contributed by atoms with van der Waals surface area (Å²) >= 11 is 0. The fourth-order valence-corrected chi connectivity index (χ4v) is 2.56. The van der Waals surface area contributed by atoms with Crippen LogP contribution in [0.1, 0.15) is 26.7 Å². The monoisotopic (exact) mass is 184 g/mol. The van der Waals surface area contributed by atoms with Gasteiger partial charge in [0.2, 0.25) is 0 Å². The summed E-state index contributed by atoms with van der Waals surface area (Å²) in [4.78, 5) is 10.7. The maximum Gasteiger partial charge on any atom is 0.174 e. The van der Waals surface area contributed by atoms with Gasteiger partial charge in [-0.25, -0.2) is 0 Å². The number of carbonyl (C=O) groups is 1. The molecule has 2 aliphatic rings. The first-order valence-corrected chi connectivity index (χ1v) is 4.83. The largest absolute Gasteiger partial charge is 0.347 e. The van der Waals surface area contributed by atoms with Gasteiger partial charge in [0.1, 0.15) is 6.29 Å². The first-order chi connectivity index (χ1) is 6.10. The van der Waals surface area contributed by atoms with Crippen molar-refractivity contribution in [2.24, 2.45) is 11.3 Å². The molecule has 1 unspecified atom stereocenters. The Labute approximate surface area is 78.4 Å². The van der Waals surface area contributed by atoms with Crippen LogP contribution in [0.25, 0.3) is 0 Å². The Bertz CT molecular complexity index is 216. The molecule has 0 bridgehead atoms. The van der Waals surface area contributed by atoms with Crippen LogP contribution in [0.5, 0.6) is 0 Å². The van der Waals surface area contributed by atoms with Crippen LogP contribution in [0.3, 0.4) is 0 Å². The first-order valence-electron chi connectivity index (χ1n) is 4.83. The van der Waals surface area contributed by atoms with Gasteiger partial charge in [-0.3, -0.25) is 0 Å². The molecular formula is C10H16O3. The maximum absolute atomic E-state index is 10.7. The summed E-state index contributed by atoms with van der Waals surface area (Å²) < 4.78 is 11.3. The van der Waals surface area contributed by atoms with Crippen LogP contribution in [-0.2, 0) is 14.3 Å². The molecule has 2 fully saturated rings. The predicted octanol–water partition coefficient (Wildman–Crippen LogP) is 1.36. The number of carbonyl (C=O) groups excluding carboxylic acids is 1. The second-order valence-electron chi connectivity index (χ2n) is 4.64. The van der Waals surface area contributed by atoms with E-state index in [1.165, 1.54) is 0 Å². The summed E-state index contributed by atoms with van der Waals surface area (Å²) in [5, 5.41) is 0. The van der Waals surface area contributed by atoms with Crippen molar-refractivity contribution in [1.82, 2.24) is 0 Å². The summed E-state index contributed by atoms with van der Waals surface area (Å²) in [6, 6.07) is 0. The van der Waals surface area contributed by atoms with Crippen molar-refractivity contribution >= 4 is 6.29 Å². The molecule has 1 aliphatic carbocycles. The molecule has 1 heterocycles. The molecule has 74 valence electrons. The number of rotatable bonds is 1. The summed E-state index contributed by atoms with van der Waals surface area (Å²) in [6.07, 6.45) is 2.63. The van der Waals surface area contributed by atoms with Gasteiger partial charge in [0.05, 0.1) is 13.2 Å². The van der Waals surface area contributed by atoms with Gasteiger partial charge in [-0.15, -0.1) is 0 Å². The van der Waals surface area contributed by atoms with Gasteiger partial charge in [-0.05, 0) is 6.42 Å². The normalized spacial score (nSPS) is 35.4. The quantitative estimate of drug-likeness (QED) is 0.577. The minimum absolute atomic E-state index is 0.0327. The van der Waals surface area contributed by atoms with Gasteiger partial charge in [0.15, 0.2) is 5.79 Å². The Morgan fingerprint density at radius 2 is 1.85 bits per heavy atom. The summed E-state index contributed by atoms with van der Waals surface area (Å²) in [7, 11) is 0. The molecule has 1 aliphatic heterocycles. The minimum Gasteiger partial charge on any atom is -0.347 e. The van der Waals surface area contributed by atoms with Crippen LogP contribution in [0.15, 0.2) is 0 Å². The van der Waals surface area contributed by atoms with E-state index in [4.69, 9.17) is 9.47 Å². The average Bonchev–Trinajstić information content (AvgIpc) is 2.61. The lowest BCUT2D eigenvalue weighted by atomic mass is 9.86. The van der Waals surface area contributed by atoms with E-state index in [0.717, 1.165) is 19.1 Å². The third-order valence-corrected chi connectivity index (χ3v) is 3.28. The molecule has 0 N–H and O–H groups in total. The van der Waals surface area contributed by atoms with Crippen LogP contribution in [0.2, 0.25) is 0 Å². The fourth-order valence-electron chi connectivity index (χ4n) is 2.56. The van der Waals surface area contributed by atoms with Crippen molar-refractivity contribution in [2.75, 3.05) is 13.2 Å². The van der Waals surface area contributed by atoms with Gasteiger partial charge in [0.25, 0.3) is 0 Å². The Balaban J connectivity index is 2.23. The van der Waals surface area contributed by atoms with E-state index >= 15 is 0 Å². The van der Waals surface area contributed by atoms with Crippen LogP contribution in [0, 0.1) is 11.3 Å². The molecule has 13 heavy (non-hydrogen) atoms. The van der Waals surface area contributed by atoms with Gasteiger partial charge >= 0.3 is 0 Å². The molecule has 3 heteroatoms. The van der Waals surface area contributed by atoms with Crippen molar-refractivity contribution in [3.05, 3.63) is 0 Å². The van der Waals surface area contributed by atoms with Crippen LogP contribution in [0.4, 0.5) is 0 Å². The minimum atomic E-state index is -0.474. The lowest BCUT2D eigenvalue weighted by molar-refractivity contribution is -0.211. The zero-order valence-corrected chi connectivity index (χ0v) is 8.21. The molecule has 2 rings (SSSR count). The van der Waals surface area contributed by atoms with E-state index in [9.17, 15) is 4.79 Å². The van der Waals surface area contributed by atoms with E-state index in [-0.39, 0.29) is 11.3 Å². The average molecular weight is 184 g/mol. The molecule has 3 nitrogen and oxygen atoms in total. The highest BCUT2D eigenvalue weighted by molar-refractivity contribution is 5.54. The van der Waals surface area contributed by atoms with E-state index in [0.29, 0.717) is 13.2 Å². The molecule has 0 radical (unpaired) electrons. The second kappa shape index (κ2) is 2.79. The van der Waals surface area contributed by atoms with Gasteiger partial charge < -0.3 is 14.3 Å². The van der Waals surface area contributed by atoms with Crippen molar-refractivity contribution in [3.8, 4) is 0 Å². The Morgan fingerprint density at radius 3 is 2.31 bits per heavy atom. The maximum atomic E-state index is 10.7. The van der Waals surface area contributed by atoms with Crippen molar-refractivity contribution in [2.45, 2.75) is 32.5 Å². The van der Waals surface area contributed by atoms with Crippen LogP contribution in [-0.4, -0.2) is 25.3 Å². The molecule has 1 saturated carbocycles. The highest BCUT2D eigenvalue weighted by Crippen LogP contribution is 2.52. The predicted molar refractivity (Wildman–Crippen MR) is 47.2 cm³/mol. The zero-order chi connectivity index (χ0) is 9.53. The number of aldehydes is 1. The van der Waals surface area contributed by atoms with E-state index in [1.807, 2.05) is 0 Å². The van der Waals surface area contributed by atoms with E-state index in [2.05, 4.69) is 13.8 Å². The molecule has 0 aromatic carbocycles. The SMILES string of the molecule is CC1(C)CC(C=O)CC12OCCO2. The van der Waals surface area contributed by atoms with Crippen LogP contribution < -0.4 is 0 Å². The molecular weight excluding hydrogens is 168 g/mol. The smallest absolute Gasteiger partial charge is 0.174 e. The fraction of sp³-hybridized carbons (Fsp3) is 0.900. The molecule has 0 amide bonds. The van der Waals surface area contributed by atoms with E-state index in [1.54, 1.807) is 0 Å². The highest BCUT2D eigenvalue weighted by Gasteiger charge is 2.56. The summed E-state index contributed by atoms with van der Waals surface area (Å²) in [5.74, 6) is -0.369. The molecule has 0 aromatic rings. The van der Waals surface area contributed by atoms with E-state index < -0.39 is 5.79 Å². The zero-order valence-electron chi connectivity index (χ0n) is 8.21. The van der Waals surface area contributed by atoms with Gasteiger partial charge in [-0.2, -0.15) is 0 Å². The van der Waals surface area contributed by atoms with Crippen LogP contribution >= 0.6 is 0 Å². The van der Waals surface area contributed by atoms with Crippen molar-refractivity contribution in [3.63, 3.8) is 0 Å². The molecule has 0 aromatic heterocycles. The number of ether oxygens (including phenoxy) is 2. The Kier molecular flexibility index (Phi) is 1.96. The Hall–Kier alpha value is -0.410. The summed E-state index contributed by atoms with van der Waals surface area (Å²) in [6.45, 7) is 5.55. The first kappa shape index (κ1) is 9.16. The lowest BCUT2D eigenvalue weighted by Crippen LogP contribution is -2.40. The molecule has 1 atom stereocenters. The number of hydrogen-bond acceptors (Lipinski definition) is 3. The van der Waals surface area contributed by atoms with Crippen molar-refractivity contribution in [1.29, 1.82) is 0 Å². The highest BCUT2D eigenvalue weighted by atomic mass is 16.7.